The van der Waals surface area contributed by atoms with Gasteiger partial charge < -0.3 is 4.18 Å². The Morgan fingerprint density at radius 1 is 0.868 bits per heavy atom. The van der Waals surface area contributed by atoms with Gasteiger partial charge in [0.25, 0.3) is 11.8 Å². The highest BCUT2D eigenvalue weighted by Crippen LogP contribution is 2.34. The van der Waals surface area contributed by atoms with Crippen molar-refractivity contribution in [2.75, 3.05) is 4.90 Å². The number of nitrogens with one attached hydrogen (secondary N) is 1. The number of benzene rings is 4. The summed E-state index contributed by atoms with van der Waals surface area (Å²) in [5.74, 6) is -3.09. The molecule has 4 aromatic carbocycles. The second-order valence-electron chi connectivity index (χ2n) is 8.46. The summed E-state index contributed by atoms with van der Waals surface area (Å²) in [7, 11) is -4.29. The average molecular weight is 531 g/mol. The fraction of sp³-hybridized carbons (Fsp3) is 0.0357. The van der Waals surface area contributed by atoms with Gasteiger partial charge in [0.15, 0.2) is 5.75 Å². The summed E-state index contributed by atoms with van der Waals surface area (Å²) in [4.78, 5) is 39.0. The molecule has 0 aromatic heterocycles. The second-order valence-corrected chi connectivity index (χ2v) is 10.0. The largest absolute Gasteiger partial charge is 0.378 e. The van der Waals surface area contributed by atoms with Gasteiger partial charge in [-0.1, -0.05) is 60.2 Å². The minimum Gasteiger partial charge on any atom is -0.378 e. The van der Waals surface area contributed by atoms with Gasteiger partial charge in [-0.15, -0.1) is 0 Å². The Kier molecular flexibility index (Phi) is 6.25. The minimum atomic E-state index is -4.29. The van der Waals surface area contributed by atoms with Crippen molar-refractivity contribution in [3.8, 4) is 5.75 Å². The number of aryl methyl sites for hydroxylation is 1. The number of hydrogen-bond donors (Lipinski definition) is 1. The Morgan fingerprint density at radius 3 is 2.29 bits per heavy atom. The molecule has 0 unspecified atom stereocenters. The standard InChI is InChI=1S/C28H19FN2O6S/c1-17-10-13-19(14-11-17)38(35,36)37-25-15-12-18-6-2-3-7-20(18)21(25)16-22-26(32)30-28(34)31(27(22)33)24-9-5-4-8-23(24)29/h2-16H,1H3,(H,30,32,34)/b22-16-. The van der Waals surface area contributed by atoms with Crippen LogP contribution in [-0.2, 0) is 19.7 Å². The van der Waals surface area contributed by atoms with E-state index in [9.17, 15) is 27.2 Å². The Bertz CT molecular complexity index is 1760. The van der Waals surface area contributed by atoms with Crippen LogP contribution in [0, 0.1) is 12.7 Å². The maximum Gasteiger partial charge on any atom is 0.339 e. The Labute approximate surface area is 217 Å². The summed E-state index contributed by atoms with van der Waals surface area (Å²) in [5, 5.41) is 3.19. The van der Waals surface area contributed by atoms with Gasteiger partial charge in [-0.25, -0.2) is 14.1 Å². The van der Waals surface area contributed by atoms with Crippen molar-refractivity contribution < 1.29 is 31.4 Å². The predicted octanol–water partition coefficient (Wildman–Crippen LogP) is 4.72. The third-order valence-electron chi connectivity index (χ3n) is 5.92. The van der Waals surface area contributed by atoms with Crippen LogP contribution in [0.15, 0.2) is 95.4 Å². The molecule has 1 fully saturated rings. The van der Waals surface area contributed by atoms with Crippen LogP contribution in [0.4, 0.5) is 14.9 Å². The van der Waals surface area contributed by atoms with Crippen LogP contribution in [0.25, 0.3) is 16.8 Å². The molecule has 0 saturated carbocycles. The second kappa shape index (κ2) is 9.56. The quantitative estimate of drug-likeness (QED) is 0.227. The number of rotatable bonds is 5. The van der Waals surface area contributed by atoms with Gasteiger partial charge in [0.2, 0.25) is 0 Å². The number of para-hydroxylation sites is 1. The lowest BCUT2D eigenvalue weighted by Gasteiger charge is -2.26. The molecule has 8 nitrogen and oxygen atoms in total. The van der Waals surface area contributed by atoms with Gasteiger partial charge in [0, 0.05) is 5.56 Å². The van der Waals surface area contributed by atoms with E-state index in [-0.39, 0.29) is 21.9 Å². The summed E-state index contributed by atoms with van der Waals surface area (Å²) < 4.78 is 46.0. The highest BCUT2D eigenvalue weighted by molar-refractivity contribution is 7.87. The third kappa shape index (κ3) is 4.53. The molecule has 4 amide bonds. The number of hydrogen-bond acceptors (Lipinski definition) is 6. The zero-order valence-corrected chi connectivity index (χ0v) is 20.7. The van der Waals surface area contributed by atoms with Crippen molar-refractivity contribution in [3.05, 3.63) is 107 Å². The molecule has 1 heterocycles. The van der Waals surface area contributed by atoms with E-state index in [1.165, 1.54) is 36.4 Å². The SMILES string of the molecule is Cc1ccc(S(=O)(=O)Oc2ccc3ccccc3c2/C=C2/C(=O)NC(=O)N(c3ccccc3F)C2=O)cc1. The van der Waals surface area contributed by atoms with Gasteiger partial charge in [0.1, 0.15) is 16.3 Å². The van der Waals surface area contributed by atoms with Crippen LogP contribution < -0.4 is 14.4 Å². The van der Waals surface area contributed by atoms with Crippen LogP contribution in [0.1, 0.15) is 11.1 Å². The van der Waals surface area contributed by atoms with Crippen molar-refractivity contribution in [2.45, 2.75) is 11.8 Å². The highest BCUT2D eigenvalue weighted by atomic mass is 32.2. The number of nitrogens with zero attached hydrogens (tertiary/aromatic N) is 1. The summed E-state index contributed by atoms with van der Waals surface area (Å²) in [6, 6.07) is 20.0. The number of urea groups is 1. The van der Waals surface area contributed by atoms with Crippen molar-refractivity contribution in [2.24, 2.45) is 0 Å². The van der Waals surface area contributed by atoms with E-state index >= 15 is 0 Å². The molecule has 38 heavy (non-hydrogen) atoms. The molecule has 190 valence electrons. The Morgan fingerprint density at radius 2 is 1.55 bits per heavy atom. The number of anilines is 1. The maximum atomic E-state index is 14.5. The van der Waals surface area contributed by atoms with E-state index in [1.807, 2.05) is 12.2 Å². The van der Waals surface area contributed by atoms with Crippen molar-refractivity contribution in [1.29, 1.82) is 0 Å². The molecule has 10 heteroatoms. The molecule has 0 atom stereocenters. The van der Waals surface area contributed by atoms with E-state index in [4.69, 9.17) is 4.18 Å². The number of halogens is 1. The Hall–Kier alpha value is -4.83. The lowest BCUT2D eigenvalue weighted by molar-refractivity contribution is -0.122. The van der Waals surface area contributed by atoms with Gasteiger partial charge in [-0.05, 0) is 54.1 Å². The van der Waals surface area contributed by atoms with Gasteiger partial charge >= 0.3 is 16.1 Å². The van der Waals surface area contributed by atoms with E-state index in [1.54, 1.807) is 42.5 Å². The predicted molar refractivity (Wildman–Crippen MR) is 138 cm³/mol. The van der Waals surface area contributed by atoms with Crippen molar-refractivity contribution >= 4 is 50.5 Å². The smallest absolute Gasteiger partial charge is 0.339 e. The molecule has 0 bridgehead atoms. The molecule has 0 spiro atoms. The average Bonchev–Trinajstić information content (AvgIpc) is 2.88. The fourth-order valence-corrected chi connectivity index (χ4v) is 4.97. The zero-order chi connectivity index (χ0) is 27.0. The van der Waals surface area contributed by atoms with Gasteiger partial charge in [-0.2, -0.15) is 8.42 Å². The number of carbonyl (C=O) groups is 3. The summed E-state index contributed by atoms with van der Waals surface area (Å²) in [5.41, 5.74) is 0.113. The molecule has 5 rings (SSSR count). The van der Waals surface area contributed by atoms with Crippen molar-refractivity contribution in [1.82, 2.24) is 5.32 Å². The fourth-order valence-electron chi connectivity index (χ4n) is 4.02. The van der Waals surface area contributed by atoms with Crippen LogP contribution in [0.2, 0.25) is 0 Å². The monoisotopic (exact) mass is 530 g/mol. The topological polar surface area (TPSA) is 110 Å². The van der Waals surface area contributed by atoms with Crippen LogP contribution in [0.5, 0.6) is 5.75 Å². The number of amides is 4. The normalized spacial score (nSPS) is 15.2. The number of carbonyl (C=O) groups excluding carboxylic acids is 3. The molecule has 1 N–H and O–H groups in total. The molecule has 1 aliphatic heterocycles. The third-order valence-corrected chi connectivity index (χ3v) is 7.17. The molecular weight excluding hydrogens is 511 g/mol. The molecule has 0 aliphatic carbocycles. The Balaban J connectivity index is 1.65. The van der Waals surface area contributed by atoms with Crippen LogP contribution >= 0.6 is 0 Å². The number of imide groups is 2. The number of barbiturate groups is 1. The minimum absolute atomic E-state index is 0.0855. The summed E-state index contributed by atoms with van der Waals surface area (Å²) in [6.07, 6.45) is 1.14. The highest BCUT2D eigenvalue weighted by Gasteiger charge is 2.38. The van der Waals surface area contributed by atoms with E-state index < -0.39 is 39.4 Å². The van der Waals surface area contributed by atoms with Gasteiger partial charge in [0.05, 0.1) is 5.69 Å². The number of fused-ring (bicyclic) bond motifs is 1. The lowest BCUT2D eigenvalue weighted by Crippen LogP contribution is -2.54. The maximum absolute atomic E-state index is 14.5. The summed E-state index contributed by atoms with van der Waals surface area (Å²) >= 11 is 0. The molecule has 1 aliphatic rings. The summed E-state index contributed by atoms with van der Waals surface area (Å²) in [6.45, 7) is 1.81. The first-order chi connectivity index (χ1) is 18.2. The first kappa shape index (κ1) is 24.8. The zero-order valence-electron chi connectivity index (χ0n) is 19.8. The van der Waals surface area contributed by atoms with E-state index in [0.29, 0.717) is 15.7 Å². The van der Waals surface area contributed by atoms with Crippen molar-refractivity contribution in [3.63, 3.8) is 0 Å². The molecular formula is C28H19FN2O6S. The van der Waals surface area contributed by atoms with E-state index in [2.05, 4.69) is 0 Å². The first-order valence-corrected chi connectivity index (χ1v) is 12.8. The molecule has 4 aromatic rings. The lowest BCUT2D eigenvalue weighted by atomic mass is 10.00. The molecule has 1 saturated heterocycles. The van der Waals surface area contributed by atoms with Crippen LogP contribution in [-0.4, -0.2) is 26.3 Å². The first-order valence-electron chi connectivity index (χ1n) is 11.3. The van der Waals surface area contributed by atoms with Gasteiger partial charge in [-0.3, -0.25) is 14.9 Å². The van der Waals surface area contributed by atoms with Crippen LogP contribution in [0.3, 0.4) is 0 Å². The van der Waals surface area contributed by atoms with E-state index in [0.717, 1.165) is 17.7 Å². The molecule has 0 radical (unpaired) electrons.